The van der Waals surface area contributed by atoms with E-state index in [9.17, 15) is 13.6 Å². The number of methoxy groups -OCH3 is 3. The highest BCUT2D eigenvalue weighted by molar-refractivity contribution is 5.98. The summed E-state index contributed by atoms with van der Waals surface area (Å²) in [5.74, 6) is -0.691. The molecule has 1 atom stereocenters. The van der Waals surface area contributed by atoms with Crippen molar-refractivity contribution < 1.29 is 27.8 Å². The molecule has 2 rings (SSSR count). The Kier molecular flexibility index (Phi) is 5.80. The van der Waals surface area contributed by atoms with Crippen molar-refractivity contribution in [2.24, 2.45) is 0 Å². The van der Waals surface area contributed by atoms with Crippen molar-refractivity contribution in [2.75, 3.05) is 21.3 Å². The second-order valence-electron chi connectivity index (χ2n) is 5.27. The van der Waals surface area contributed by atoms with Crippen molar-refractivity contribution in [2.45, 2.75) is 13.0 Å². The zero-order chi connectivity index (χ0) is 18.6. The van der Waals surface area contributed by atoms with E-state index in [0.29, 0.717) is 11.5 Å². The number of carbonyl (C=O) groups is 1. The first-order chi connectivity index (χ1) is 11.9. The Labute approximate surface area is 144 Å². The molecule has 0 aliphatic carbocycles. The molecule has 0 aromatic heterocycles. The highest BCUT2D eigenvalue weighted by Gasteiger charge is 2.21. The Morgan fingerprint density at radius 3 is 2.16 bits per heavy atom. The number of hydrogen-bond donors (Lipinski definition) is 1. The number of halogens is 2. The van der Waals surface area contributed by atoms with Crippen LogP contribution in [0.15, 0.2) is 30.3 Å². The van der Waals surface area contributed by atoms with E-state index in [1.165, 1.54) is 33.5 Å². The maximum atomic E-state index is 13.9. The molecule has 0 saturated carbocycles. The molecule has 1 unspecified atom stereocenters. The number of carbonyl (C=O) groups excluding carboxylic acids is 1. The first kappa shape index (κ1) is 18.5. The predicted octanol–water partition coefficient (Wildman–Crippen LogP) is 3.48. The summed E-state index contributed by atoms with van der Waals surface area (Å²) in [5, 5.41) is 2.62. The van der Waals surface area contributed by atoms with Crippen LogP contribution in [-0.4, -0.2) is 27.2 Å². The van der Waals surface area contributed by atoms with Crippen molar-refractivity contribution in [3.63, 3.8) is 0 Å². The Morgan fingerprint density at radius 1 is 0.960 bits per heavy atom. The molecule has 1 N–H and O–H groups in total. The van der Waals surface area contributed by atoms with Gasteiger partial charge in [0.2, 0.25) is 0 Å². The van der Waals surface area contributed by atoms with E-state index in [1.807, 2.05) is 0 Å². The monoisotopic (exact) mass is 351 g/mol. The fraction of sp³-hybridized carbons (Fsp3) is 0.278. The molecule has 1 amide bonds. The predicted molar refractivity (Wildman–Crippen MR) is 88.3 cm³/mol. The van der Waals surface area contributed by atoms with Crippen LogP contribution in [0, 0.1) is 11.6 Å². The first-order valence-corrected chi connectivity index (χ1v) is 7.47. The lowest BCUT2D eigenvalue weighted by atomic mass is 10.1. The molecule has 0 saturated heterocycles. The van der Waals surface area contributed by atoms with Gasteiger partial charge < -0.3 is 19.5 Å². The fourth-order valence-corrected chi connectivity index (χ4v) is 2.41. The number of hydrogen-bond acceptors (Lipinski definition) is 4. The van der Waals surface area contributed by atoms with Crippen molar-refractivity contribution in [1.82, 2.24) is 5.32 Å². The molecule has 0 heterocycles. The Balaban J connectivity index is 2.32. The van der Waals surface area contributed by atoms with Crippen LogP contribution in [0.1, 0.15) is 28.9 Å². The fourth-order valence-electron chi connectivity index (χ4n) is 2.41. The number of nitrogens with one attached hydrogen (secondary N) is 1. The quantitative estimate of drug-likeness (QED) is 0.866. The first-order valence-electron chi connectivity index (χ1n) is 7.47. The van der Waals surface area contributed by atoms with Gasteiger partial charge >= 0.3 is 0 Å². The smallest absolute Gasteiger partial charge is 0.255 e. The normalized spacial score (nSPS) is 11.6. The number of rotatable bonds is 6. The SMILES string of the molecule is COc1cc(OC)c(C(=O)NC(C)c2cc(F)ccc2F)cc1OC. The topological polar surface area (TPSA) is 56.8 Å². The molecule has 2 aromatic carbocycles. The lowest BCUT2D eigenvalue weighted by Gasteiger charge is -2.18. The molecule has 0 aliphatic rings. The van der Waals surface area contributed by atoms with E-state index in [-0.39, 0.29) is 16.9 Å². The summed E-state index contributed by atoms with van der Waals surface area (Å²) < 4.78 is 42.7. The van der Waals surface area contributed by atoms with Gasteiger partial charge in [-0.05, 0) is 25.1 Å². The van der Waals surface area contributed by atoms with Crippen LogP contribution in [0.25, 0.3) is 0 Å². The summed E-state index contributed by atoms with van der Waals surface area (Å²) in [4.78, 5) is 12.6. The van der Waals surface area contributed by atoms with E-state index in [0.717, 1.165) is 18.2 Å². The zero-order valence-electron chi connectivity index (χ0n) is 14.4. The Hall–Kier alpha value is -2.83. The second-order valence-corrected chi connectivity index (χ2v) is 5.27. The highest BCUT2D eigenvalue weighted by Crippen LogP contribution is 2.34. The van der Waals surface area contributed by atoms with Gasteiger partial charge in [0.15, 0.2) is 11.5 Å². The van der Waals surface area contributed by atoms with Gasteiger partial charge in [0.25, 0.3) is 5.91 Å². The lowest BCUT2D eigenvalue weighted by molar-refractivity contribution is 0.0935. The Morgan fingerprint density at radius 2 is 1.56 bits per heavy atom. The number of benzene rings is 2. The molecule has 134 valence electrons. The van der Waals surface area contributed by atoms with Crippen molar-refractivity contribution in [1.29, 1.82) is 0 Å². The Bertz CT molecular complexity index is 780. The summed E-state index contributed by atoms with van der Waals surface area (Å²) in [5.41, 5.74) is 0.233. The van der Waals surface area contributed by atoms with Crippen molar-refractivity contribution in [3.8, 4) is 17.2 Å². The molecule has 0 bridgehead atoms. The minimum absolute atomic E-state index is 0.0489. The molecule has 0 spiro atoms. The van der Waals surface area contributed by atoms with Crippen LogP contribution in [0.5, 0.6) is 17.2 Å². The third-order valence-corrected chi connectivity index (χ3v) is 3.72. The summed E-state index contributed by atoms with van der Waals surface area (Å²) in [6.07, 6.45) is 0. The molecular weight excluding hydrogens is 332 g/mol. The average molecular weight is 351 g/mol. The molecule has 2 aromatic rings. The number of ether oxygens (including phenoxy) is 3. The largest absolute Gasteiger partial charge is 0.496 e. The second kappa shape index (κ2) is 7.83. The maximum Gasteiger partial charge on any atom is 0.255 e. The average Bonchev–Trinajstić information content (AvgIpc) is 2.62. The minimum atomic E-state index is -0.749. The van der Waals surface area contributed by atoms with Crippen molar-refractivity contribution in [3.05, 3.63) is 53.1 Å². The highest BCUT2D eigenvalue weighted by atomic mass is 19.1. The summed E-state index contributed by atoms with van der Waals surface area (Å²) >= 11 is 0. The molecule has 0 radical (unpaired) electrons. The summed E-state index contributed by atoms with van der Waals surface area (Å²) in [6.45, 7) is 1.56. The van der Waals surface area contributed by atoms with Crippen LogP contribution in [-0.2, 0) is 0 Å². The van der Waals surface area contributed by atoms with Crippen LogP contribution < -0.4 is 19.5 Å². The molecule has 0 aliphatic heterocycles. The third-order valence-electron chi connectivity index (χ3n) is 3.72. The zero-order valence-corrected chi connectivity index (χ0v) is 14.4. The summed E-state index contributed by atoms with van der Waals surface area (Å²) in [6, 6.07) is 5.31. The van der Waals surface area contributed by atoms with Crippen LogP contribution in [0.3, 0.4) is 0 Å². The lowest BCUT2D eigenvalue weighted by Crippen LogP contribution is -2.27. The van der Waals surface area contributed by atoms with Crippen molar-refractivity contribution >= 4 is 5.91 Å². The molecule has 5 nitrogen and oxygen atoms in total. The van der Waals surface area contributed by atoms with E-state index in [2.05, 4.69) is 5.32 Å². The van der Waals surface area contributed by atoms with Gasteiger partial charge in [-0.3, -0.25) is 4.79 Å². The van der Waals surface area contributed by atoms with Gasteiger partial charge in [0.1, 0.15) is 17.4 Å². The molecular formula is C18H19F2NO4. The maximum absolute atomic E-state index is 13.9. The third kappa shape index (κ3) is 3.99. The van der Waals surface area contributed by atoms with Gasteiger partial charge in [0.05, 0.1) is 32.9 Å². The van der Waals surface area contributed by atoms with E-state index >= 15 is 0 Å². The van der Waals surface area contributed by atoms with Gasteiger partial charge in [-0.15, -0.1) is 0 Å². The molecule has 0 fully saturated rings. The van der Waals surface area contributed by atoms with Gasteiger partial charge in [-0.2, -0.15) is 0 Å². The summed E-state index contributed by atoms with van der Waals surface area (Å²) in [7, 11) is 4.32. The van der Waals surface area contributed by atoms with E-state index in [1.54, 1.807) is 6.92 Å². The van der Waals surface area contributed by atoms with Crippen LogP contribution in [0.4, 0.5) is 8.78 Å². The standard InChI is InChI=1S/C18H19F2NO4/c1-10(12-7-11(19)5-6-14(12)20)21-18(22)13-8-16(24-3)17(25-4)9-15(13)23-2/h5-10H,1-4H3,(H,21,22). The van der Waals surface area contributed by atoms with Gasteiger partial charge in [0, 0.05) is 17.7 Å². The van der Waals surface area contributed by atoms with E-state index < -0.39 is 23.6 Å². The van der Waals surface area contributed by atoms with Gasteiger partial charge in [-0.1, -0.05) is 0 Å². The van der Waals surface area contributed by atoms with Crippen LogP contribution >= 0.6 is 0 Å². The van der Waals surface area contributed by atoms with E-state index in [4.69, 9.17) is 14.2 Å². The number of amides is 1. The molecule has 7 heteroatoms. The van der Waals surface area contributed by atoms with Gasteiger partial charge in [-0.25, -0.2) is 8.78 Å². The van der Waals surface area contributed by atoms with Crippen LogP contribution in [0.2, 0.25) is 0 Å². The minimum Gasteiger partial charge on any atom is -0.496 e. The molecule has 25 heavy (non-hydrogen) atoms.